The van der Waals surface area contributed by atoms with Crippen molar-refractivity contribution in [1.82, 2.24) is 16.0 Å². The second-order valence-corrected chi connectivity index (χ2v) is 6.23. The largest absolute Gasteiger partial charge is 0.481 e. The van der Waals surface area contributed by atoms with Crippen LogP contribution in [-0.4, -0.2) is 42.1 Å². The van der Waals surface area contributed by atoms with Crippen molar-refractivity contribution in [2.24, 2.45) is 5.41 Å². The topological polar surface area (TPSA) is 108 Å². The first kappa shape index (κ1) is 19.3. The van der Waals surface area contributed by atoms with Crippen molar-refractivity contribution >= 4 is 17.9 Å². The van der Waals surface area contributed by atoms with Crippen LogP contribution in [0.25, 0.3) is 0 Å². The maximum absolute atomic E-state index is 11.8. The van der Waals surface area contributed by atoms with Crippen molar-refractivity contribution in [3.8, 4) is 0 Å². The van der Waals surface area contributed by atoms with E-state index in [2.05, 4.69) is 16.0 Å². The van der Waals surface area contributed by atoms with Crippen LogP contribution in [0.1, 0.15) is 58.8 Å². The van der Waals surface area contributed by atoms with Gasteiger partial charge in [-0.15, -0.1) is 0 Å². The summed E-state index contributed by atoms with van der Waals surface area (Å²) in [5, 5.41) is 17.3. The fraction of sp³-hybridized carbons (Fsp3) is 0.812. The molecule has 0 spiro atoms. The van der Waals surface area contributed by atoms with E-state index in [1.165, 1.54) is 6.42 Å². The van der Waals surface area contributed by atoms with Gasteiger partial charge in [0.05, 0.1) is 12.0 Å². The van der Waals surface area contributed by atoms with Crippen LogP contribution in [0.5, 0.6) is 0 Å². The van der Waals surface area contributed by atoms with Crippen molar-refractivity contribution in [3.63, 3.8) is 0 Å². The van der Waals surface area contributed by atoms with Crippen molar-refractivity contribution in [3.05, 3.63) is 0 Å². The highest BCUT2D eigenvalue weighted by Gasteiger charge is 2.35. The summed E-state index contributed by atoms with van der Waals surface area (Å²) in [6.07, 6.45) is 6.29. The van der Waals surface area contributed by atoms with E-state index in [0.717, 1.165) is 25.7 Å². The molecule has 1 aliphatic carbocycles. The molecule has 0 aromatic heterocycles. The SMILES string of the molecule is CCC(CC)(CNC(=O)CNC(=O)NC1CCCCC1)C(=O)O. The molecular weight excluding hydrogens is 298 g/mol. The molecule has 23 heavy (non-hydrogen) atoms. The normalized spacial score (nSPS) is 15.7. The molecule has 0 unspecified atom stereocenters. The lowest BCUT2D eigenvalue weighted by atomic mass is 9.82. The number of hydrogen-bond acceptors (Lipinski definition) is 3. The zero-order valence-corrected chi connectivity index (χ0v) is 14.1. The summed E-state index contributed by atoms with van der Waals surface area (Å²) in [4.78, 5) is 34.9. The summed E-state index contributed by atoms with van der Waals surface area (Å²) in [5.74, 6) is -1.29. The second-order valence-electron chi connectivity index (χ2n) is 6.23. The Kier molecular flexibility index (Phi) is 7.85. The Bertz CT molecular complexity index is 416. The molecule has 1 rings (SSSR count). The van der Waals surface area contributed by atoms with Crippen LogP contribution < -0.4 is 16.0 Å². The Morgan fingerprint density at radius 1 is 1.04 bits per heavy atom. The molecule has 4 N–H and O–H groups in total. The Morgan fingerprint density at radius 3 is 2.17 bits per heavy atom. The van der Waals surface area contributed by atoms with E-state index in [1.807, 2.05) is 0 Å². The first-order chi connectivity index (χ1) is 10.9. The number of aliphatic carboxylic acids is 1. The highest BCUT2D eigenvalue weighted by molar-refractivity contribution is 5.84. The van der Waals surface area contributed by atoms with Crippen molar-refractivity contribution in [2.45, 2.75) is 64.8 Å². The van der Waals surface area contributed by atoms with E-state index in [0.29, 0.717) is 12.8 Å². The molecule has 0 radical (unpaired) electrons. The van der Waals surface area contributed by atoms with Crippen LogP contribution in [0.15, 0.2) is 0 Å². The summed E-state index contributed by atoms with van der Waals surface area (Å²) >= 11 is 0. The summed E-state index contributed by atoms with van der Waals surface area (Å²) < 4.78 is 0. The smallest absolute Gasteiger partial charge is 0.315 e. The average Bonchev–Trinajstić information content (AvgIpc) is 2.55. The molecule has 1 saturated carbocycles. The Labute approximate surface area is 137 Å². The standard InChI is InChI=1S/C16H29N3O4/c1-3-16(4-2,14(21)22)11-18-13(20)10-17-15(23)19-12-8-6-5-7-9-12/h12H,3-11H2,1-2H3,(H,18,20)(H,21,22)(H2,17,19,23). The molecule has 7 heteroatoms. The predicted molar refractivity (Wildman–Crippen MR) is 87.1 cm³/mol. The lowest BCUT2D eigenvalue weighted by molar-refractivity contribution is -0.149. The number of carboxylic acids is 1. The molecule has 132 valence electrons. The molecule has 1 fully saturated rings. The molecule has 1 aliphatic rings. The van der Waals surface area contributed by atoms with E-state index >= 15 is 0 Å². The Balaban J connectivity index is 2.30. The number of carboxylic acid groups (broad SMARTS) is 1. The van der Waals surface area contributed by atoms with Gasteiger partial charge in [-0.1, -0.05) is 33.1 Å². The molecule has 0 bridgehead atoms. The van der Waals surface area contributed by atoms with Crippen LogP contribution >= 0.6 is 0 Å². The summed E-state index contributed by atoms with van der Waals surface area (Å²) in [5.41, 5.74) is -0.944. The zero-order chi connectivity index (χ0) is 17.3. The van der Waals surface area contributed by atoms with Gasteiger partial charge in [0.1, 0.15) is 0 Å². The van der Waals surface area contributed by atoms with Crippen molar-refractivity contribution < 1.29 is 19.5 Å². The number of nitrogens with one attached hydrogen (secondary N) is 3. The lowest BCUT2D eigenvalue weighted by Gasteiger charge is -2.27. The number of urea groups is 1. The van der Waals surface area contributed by atoms with Gasteiger partial charge in [-0.05, 0) is 25.7 Å². The third-order valence-electron chi connectivity index (χ3n) is 4.78. The van der Waals surface area contributed by atoms with Gasteiger partial charge in [-0.2, -0.15) is 0 Å². The number of carbonyl (C=O) groups excluding carboxylic acids is 2. The summed E-state index contributed by atoms with van der Waals surface area (Å²) in [7, 11) is 0. The highest BCUT2D eigenvalue weighted by atomic mass is 16.4. The van der Waals surface area contributed by atoms with E-state index in [4.69, 9.17) is 0 Å². The Morgan fingerprint density at radius 2 is 1.65 bits per heavy atom. The molecule has 7 nitrogen and oxygen atoms in total. The van der Waals surface area contributed by atoms with Crippen LogP contribution in [-0.2, 0) is 9.59 Å². The molecule has 0 heterocycles. The third kappa shape index (κ3) is 6.08. The second kappa shape index (κ2) is 9.37. The van der Waals surface area contributed by atoms with E-state index in [-0.39, 0.29) is 31.1 Å². The van der Waals surface area contributed by atoms with Gasteiger partial charge >= 0.3 is 12.0 Å². The molecule has 0 aromatic rings. The fourth-order valence-corrected chi connectivity index (χ4v) is 2.85. The third-order valence-corrected chi connectivity index (χ3v) is 4.78. The number of rotatable bonds is 8. The van der Waals surface area contributed by atoms with E-state index in [9.17, 15) is 19.5 Å². The van der Waals surface area contributed by atoms with Gasteiger partial charge in [-0.3, -0.25) is 9.59 Å². The maximum Gasteiger partial charge on any atom is 0.315 e. The van der Waals surface area contributed by atoms with Gasteiger partial charge in [0.2, 0.25) is 5.91 Å². The molecular formula is C16H29N3O4. The molecule has 3 amide bonds. The minimum Gasteiger partial charge on any atom is -0.481 e. The Hall–Kier alpha value is -1.79. The number of carbonyl (C=O) groups is 3. The van der Waals surface area contributed by atoms with Crippen molar-refractivity contribution in [1.29, 1.82) is 0 Å². The monoisotopic (exact) mass is 327 g/mol. The predicted octanol–water partition coefficient (Wildman–Crippen LogP) is 1.63. The van der Waals surface area contributed by atoms with Gasteiger partial charge in [-0.25, -0.2) is 4.79 Å². The molecule has 0 atom stereocenters. The van der Waals surface area contributed by atoms with Crippen LogP contribution in [0.3, 0.4) is 0 Å². The van der Waals surface area contributed by atoms with E-state index < -0.39 is 11.4 Å². The van der Waals surface area contributed by atoms with Crippen molar-refractivity contribution in [2.75, 3.05) is 13.1 Å². The summed E-state index contributed by atoms with van der Waals surface area (Å²) in [6.45, 7) is 3.50. The van der Waals surface area contributed by atoms with E-state index in [1.54, 1.807) is 13.8 Å². The fourth-order valence-electron chi connectivity index (χ4n) is 2.85. The lowest BCUT2D eigenvalue weighted by Crippen LogP contribution is -2.48. The quantitative estimate of drug-likeness (QED) is 0.543. The minimum absolute atomic E-state index is 0.0695. The van der Waals surface area contributed by atoms with Crippen LogP contribution in [0, 0.1) is 5.41 Å². The minimum atomic E-state index is -0.944. The average molecular weight is 327 g/mol. The molecule has 0 saturated heterocycles. The van der Waals surface area contributed by atoms with Gasteiger partial charge < -0.3 is 21.1 Å². The number of amides is 3. The van der Waals surface area contributed by atoms with Gasteiger partial charge in [0.25, 0.3) is 0 Å². The number of hydrogen-bond donors (Lipinski definition) is 4. The van der Waals surface area contributed by atoms with Gasteiger partial charge in [0.15, 0.2) is 0 Å². The van der Waals surface area contributed by atoms with Crippen LogP contribution in [0.2, 0.25) is 0 Å². The summed E-state index contributed by atoms with van der Waals surface area (Å²) in [6, 6.07) is -0.158. The zero-order valence-electron chi connectivity index (χ0n) is 14.1. The molecule has 0 aliphatic heterocycles. The van der Waals surface area contributed by atoms with Crippen LogP contribution in [0.4, 0.5) is 4.79 Å². The molecule has 0 aromatic carbocycles. The van der Waals surface area contributed by atoms with Gasteiger partial charge in [0, 0.05) is 12.6 Å². The first-order valence-electron chi connectivity index (χ1n) is 8.48. The first-order valence-corrected chi connectivity index (χ1v) is 8.48. The highest BCUT2D eigenvalue weighted by Crippen LogP contribution is 2.25. The maximum atomic E-state index is 11.8.